The van der Waals surface area contributed by atoms with Crippen molar-refractivity contribution in [3.05, 3.63) is 54.6 Å². The molecule has 0 bridgehead atoms. The third-order valence-electron chi connectivity index (χ3n) is 3.41. The van der Waals surface area contributed by atoms with E-state index in [1.807, 2.05) is 47.8 Å². The van der Waals surface area contributed by atoms with Gasteiger partial charge in [-0.05, 0) is 43.3 Å². The van der Waals surface area contributed by atoms with Crippen LogP contribution in [0, 0.1) is 0 Å². The molecule has 27 heavy (non-hydrogen) atoms. The van der Waals surface area contributed by atoms with E-state index < -0.39 is 24.0 Å². The fourth-order valence-corrected chi connectivity index (χ4v) is 2.03. The summed E-state index contributed by atoms with van der Waals surface area (Å²) < 4.78 is 10.3. The normalized spacial score (nSPS) is 11.0. The summed E-state index contributed by atoms with van der Waals surface area (Å²) in [6, 6.07) is 16.1. The first kappa shape index (κ1) is 19.8. The Balaban J connectivity index is 1.78. The van der Waals surface area contributed by atoms with Gasteiger partial charge in [-0.1, -0.05) is 18.2 Å². The van der Waals surface area contributed by atoms with Gasteiger partial charge in [0, 0.05) is 18.4 Å². The van der Waals surface area contributed by atoms with Gasteiger partial charge in [-0.3, -0.25) is 10.1 Å². The molecule has 0 aliphatic rings. The van der Waals surface area contributed by atoms with Crippen LogP contribution in [-0.4, -0.2) is 37.7 Å². The fraction of sp³-hybridized carbons (Fsp3) is 0.211. The molecule has 3 amide bonds. The summed E-state index contributed by atoms with van der Waals surface area (Å²) in [6.07, 6.45) is -1.11. The Labute approximate surface area is 156 Å². The zero-order valence-corrected chi connectivity index (χ0v) is 15.0. The molecule has 0 saturated heterocycles. The van der Waals surface area contributed by atoms with E-state index in [1.165, 1.54) is 14.0 Å². The molecule has 142 valence electrons. The summed E-state index contributed by atoms with van der Waals surface area (Å²) in [5, 5.41) is 7.48. The first-order valence-electron chi connectivity index (χ1n) is 8.25. The van der Waals surface area contributed by atoms with Crippen molar-refractivity contribution in [3.8, 4) is 5.75 Å². The van der Waals surface area contributed by atoms with E-state index in [-0.39, 0.29) is 6.61 Å². The number of amides is 3. The van der Waals surface area contributed by atoms with Crippen LogP contribution in [0.5, 0.6) is 5.75 Å². The maximum absolute atomic E-state index is 11.8. The van der Waals surface area contributed by atoms with Gasteiger partial charge in [-0.15, -0.1) is 0 Å². The number of carbonyl (C=O) groups is 3. The standard InChI is InChI=1S/C19H21N3O5/c1-13(18(24)22-19(25)20-2)27-17(23)12-26-16-10-8-15(9-11-16)21-14-6-4-3-5-7-14/h3-11,13,21H,12H2,1-2H3,(H2,20,22,24,25). The predicted molar refractivity (Wildman–Crippen MR) is 99.8 cm³/mol. The summed E-state index contributed by atoms with van der Waals surface area (Å²) in [7, 11) is 1.37. The van der Waals surface area contributed by atoms with E-state index in [2.05, 4.69) is 10.6 Å². The molecule has 1 atom stereocenters. The monoisotopic (exact) mass is 371 g/mol. The molecule has 0 saturated carbocycles. The van der Waals surface area contributed by atoms with Gasteiger partial charge in [0.15, 0.2) is 12.7 Å². The third-order valence-corrected chi connectivity index (χ3v) is 3.41. The van der Waals surface area contributed by atoms with Crippen molar-refractivity contribution in [2.75, 3.05) is 19.0 Å². The molecule has 0 aromatic heterocycles. The SMILES string of the molecule is CNC(=O)NC(=O)C(C)OC(=O)COc1ccc(Nc2ccccc2)cc1. The summed E-state index contributed by atoms with van der Waals surface area (Å²) >= 11 is 0. The van der Waals surface area contributed by atoms with Crippen LogP contribution in [0.1, 0.15) is 6.92 Å². The summed E-state index contributed by atoms with van der Waals surface area (Å²) in [6.45, 7) is 1.00. The van der Waals surface area contributed by atoms with E-state index >= 15 is 0 Å². The Morgan fingerprint density at radius 1 is 0.963 bits per heavy atom. The van der Waals surface area contributed by atoms with Crippen molar-refractivity contribution in [1.82, 2.24) is 10.6 Å². The van der Waals surface area contributed by atoms with Gasteiger partial charge >= 0.3 is 12.0 Å². The molecule has 1 unspecified atom stereocenters. The van der Waals surface area contributed by atoms with Gasteiger partial charge in [-0.2, -0.15) is 0 Å². The molecule has 2 rings (SSSR count). The highest BCUT2D eigenvalue weighted by Crippen LogP contribution is 2.19. The highest BCUT2D eigenvalue weighted by atomic mass is 16.6. The van der Waals surface area contributed by atoms with Crippen LogP contribution in [0.25, 0.3) is 0 Å². The van der Waals surface area contributed by atoms with Crippen LogP contribution in [-0.2, 0) is 14.3 Å². The molecular formula is C19H21N3O5. The van der Waals surface area contributed by atoms with Gasteiger partial charge in [0.2, 0.25) is 0 Å². The summed E-state index contributed by atoms with van der Waals surface area (Å²) in [5.41, 5.74) is 1.83. The second kappa shape index (κ2) is 9.81. The smallest absolute Gasteiger partial charge is 0.344 e. The number of esters is 1. The molecular weight excluding hydrogens is 350 g/mol. The molecule has 2 aromatic carbocycles. The maximum Gasteiger partial charge on any atom is 0.344 e. The number of ether oxygens (including phenoxy) is 2. The molecule has 0 radical (unpaired) electrons. The van der Waals surface area contributed by atoms with Crippen molar-refractivity contribution < 1.29 is 23.9 Å². The number of urea groups is 1. The number of imide groups is 1. The first-order valence-corrected chi connectivity index (χ1v) is 8.25. The molecule has 0 aliphatic carbocycles. The van der Waals surface area contributed by atoms with Gasteiger partial charge in [0.25, 0.3) is 5.91 Å². The lowest BCUT2D eigenvalue weighted by molar-refractivity contribution is -0.156. The Bertz CT molecular complexity index is 778. The number of hydrogen-bond acceptors (Lipinski definition) is 6. The number of rotatable bonds is 7. The van der Waals surface area contributed by atoms with Crippen LogP contribution >= 0.6 is 0 Å². The van der Waals surface area contributed by atoms with Crippen molar-refractivity contribution in [3.63, 3.8) is 0 Å². The molecule has 3 N–H and O–H groups in total. The fourth-order valence-electron chi connectivity index (χ4n) is 2.03. The number of benzene rings is 2. The lowest BCUT2D eigenvalue weighted by atomic mass is 10.2. The molecule has 8 nitrogen and oxygen atoms in total. The zero-order chi connectivity index (χ0) is 19.6. The Hall–Kier alpha value is -3.55. The summed E-state index contributed by atoms with van der Waals surface area (Å²) in [5.74, 6) is -0.965. The first-order chi connectivity index (χ1) is 13.0. The average Bonchev–Trinajstić information content (AvgIpc) is 2.68. The van der Waals surface area contributed by atoms with Crippen LogP contribution in [0.15, 0.2) is 54.6 Å². The van der Waals surface area contributed by atoms with Crippen LogP contribution in [0.2, 0.25) is 0 Å². The minimum absolute atomic E-state index is 0.358. The van der Waals surface area contributed by atoms with E-state index in [4.69, 9.17) is 9.47 Å². The lowest BCUT2D eigenvalue weighted by Gasteiger charge is -2.13. The molecule has 0 fully saturated rings. The highest BCUT2D eigenvalue weighted by molar-refractivity contribution is 5.97. The van der Waals surface area contributed by atoms with Crippen molar-refractivity contribution in [1.29, 1.82) is 0 Å². The lowest BCUT2D eigenvalue weighted by Crippen LogP contribution is -2.43. The number of anilines is 2. The molecule has 0 aliphatic heterocycles. The van der Waals surface area contributed by atoms with Gasteiger partial charge in [0.05, 0.1) is 0 Å². The topological polar surface area (TPSA) is 106 Å². The quantitative estimate of drug-likeness (QED) is 0.645. The zero-order valence-electron chi connectivity index (χ0n) is 15.0. The van der Waals surface area contributed by atoms with Gasteiger partial charge in [-0.25, -0.2) is 9.59 Å². The Morgan fingerprint density at radius 3 is 2.22 bits per heavy atom. The van der Waals surface area contributed by atoms with Crippen LogP contribution in [0.4, 0.5) is 16.2 Å². The molecule has 2 aromatic rings. The number of hydrogen-bond donors (Lipinski definition) is 3. The van der Waals surface area contributed by atoms with E-state index in [0.29, 0.717) is 5.75 Å². The molecule has 0 heterocycles. The summed E-state index contributed by atoms with van der Waals surface area (Å²) in [4.78, 5) is 34.4. The minimum atomic E-state index is -1.11. The van der Waals surface area contributed by atoms with Gasteiger partial charge in [0.1, 0.15) is 5.75 Å². The number of para-hydroxylation sites is 1. The van der Waals surface area contributed by atoms with E-state index in [9.17, 15) is 14.4 Å². The van der Waals surface area contributed by atoms with E-state index in [1.54, 1.807) is 12.1 Å². The maximum atomic E-state index is 11.8. The van der Waals surface area contributed by atoms with E-state index in [0.717, 1.165) is 11.4 Å². The molecule has 8 heteroatoms. The number of nitrogens with one attached hydrogen (secondary N) is 3. The van der Waals surface area contributed by atoms with Crippen LogP contribution in [0.3, 0.4) is 0 Å². The Kier molecular flexibility index (Phi) is 7.18. The minimum Gasteiger partial charge on any atom is -0.482 e. The second-order valence-electron chi connectivity index (χ2n) is 5.50. The molecule has 0 spiro atoms. The largest absolute Gasteiger partial charge is 0.482 e. The van der Waals surface area contributed by atoms with Crippen molar-refractivity contribution in [2.24, 2.45) is 0 Å². The Morgan fingerprint density at radius 2 is 1.59 bits per heavy atom. The van der Waals surface area contributed by atoms with Crippen LogP contribution < -0.4 is 20.7 Å². The predicted octanol–water partition coefficient (Wildman–Crippen LogP) is 2.20. The second-order valence-corrected chi connectivity index (χ2v) is 5.50. The van der Waals surface area contributed by atoms with Crippen molar-refractivity contribution >= 4 is 29.3 Å². The highest BCUT2D eigenvalue weighted by Gasteiger charge is 2.19. The van der Waals surface area contributed by atoms with Gasteiger partial charge < -0.3 is 20.1 Å². The average molecular weight is 371 g/mol. The number of carbonyl (C=O) groups excluding carboxylic acids is 3. The third kappa shape index (κ3) is 6.69. The van der Waals surface area contributed by atoms with Crippen molar-refractivity contribution in [2.45, 2.75) is 13.0 Å².